The lowest BCUT2D eigenvalue weighted by atomic mass is 10.1. The molecule has 4 aromatic rings. The van der Waals surface area contributed by atoms with Crippen molar-refractivity contribution in [3.05, 3.63) is 102 Å². The predicted octanol–water partition coefficient (Wildman–Crippen LogP) is 4.92. The van der Waals surface area contributed by atoms with E-state index in [0.29, 0.717) is 31.7 Å². The molecule has 3 aromatic carbocycles. The first-order valence-corrected chi connectivity index (χ1v) is 13.4. The number of rotatable bonds is 8. The second kappa shape index (κ2) is 13.8. The fourth-order valence-electron chi connectivity index (χ4n) is 4.51. The Morgan fingerprint density at radius 2 is 1.76 bits per heavy atom. The Morgan fingerprint density at radius 1 is 1.05 bits per heavy atom. The van der Waals surface area contributed by atoms with E-state index in [4.69, 9.17) is 10.1 Å². The largest absolute Gasteiger partial charge is 0.505 e. The van der Waals surface area contributed by atoms with E-state index in [0.717, 1.165) is 41.9 Å². The minimum absolute atomic E-state index is 0.0652. The molecule has 5 rings (SSSR count). The first-order chi connectivity index (χ1) is 20.1. The van der Waals surface area contributed by atoms with Gasteiger partial charge in [-0.3, -0.25) is 14.5 Å². The number of hydrogen-bond acceptors (Lipinski definition) is 5. The number of allylic oxidation sites excluding steroid dienone is 1. The fourth-order valence-corrected chi connectivity index (χ4v) is 4.51. The lowest BCUT2D eigenvalue weighted by Gasteiger charge is -2.26. The lowest BCUT2D eigenvalue weighted by molar-refractivity contribution is -0.124. The van der Waals surface area contributed by atoms with E-state index in [1.807, 2.05) is 60.7 Å². The second-order valence-electron chi connectivity index (χ2n) is 9.76. The van der Waals surface area contributed by atoms with Gasteiger partial charge in [-0.1, -0.05) is 61.2 Å². The maximum atomic E-state index is 12.9. The summed E-state index contributed by atoms with van der Waals surface area (Å²) in [5, 5.41) is 13.4. The highest BCUT2D eigenvalue weighted by Gasteiger charge is 2.31. The summed E-state index contributed by atoms with van der Waals surface area (Å²) in [6.07, 6.45) is -3.84. The Kier molecular flexibility index (Phi) is 9.98. The quantitative estimate of drug-likeness (QED) is 0.203. The summed E-state index contributed by atoms with van der Waals surface area (Å²) < 4.78 is 34.7. The zero-order chi connectivity index (χ0) is 30.1. The van der Waals surface area contributed by atoms with Gasteiger partial charge in [0.15, 0.2) is 5.76 Å². The van der Waals surface area contributed by atoms with Crippen LogP contribution in [0.1, 0.15) is 22.3 Å². The Morgan fingerprint density at radius 3 is 2.48 bits per heavy atom. The SMILES string of the molecule is C=C(O)C(F)(F)F.O=C1CN(CCCNC(=O)c2cccc(-c3nc4ccccc4n3Cc3ccccc3)c2)CCN1. The van der Waals surface area contributed by atoms with Crippen molar-refractivity contribution in [1.29, 1.82) is 0 Å². The van der Waals surface area contributed by atoms with Gasteiger partial charge in [-0.15, -0.1) is 0 Å². The number of carbonyl (C=O) groups is 2. The molecule has 1 fully saturated rings. The molecule has 42 heavy (non-hydrogen) atoms. The van der Waals surface area contributed by atoms with Crippen molar-refractivity contribution in [2.45, 2.75) is 19.1 Å². The number of para-hydroxylation sites is 2. The number of amides is 2. The first-order valence-electron chi connectivity index (χ1n) is 13.4. The molecule has 1 aromatic heterocycles. The van der Waals surface area contributed by atoms with E-state index in [1.165, 1.54) is 5.56 Å². The van der Waals surface area contributed by atoms with Crippen LogP contribution in [0.5, 0.6) is 0 Å². The third-order valence-electron chi connectivity index (χ3n) is 6.60. The molecule has 3 N–H and O–H groups in total. The minimum Gasteiger partial charge on any atom is -0.505 e. The number of carbonyl (C=O) groups excluding carboxylic acids is 2. The van der Waals surface area contributed by atoms with E-state index in [-0.39, 0.29) is 11.8 Å². The zero-order valence-electron chi connectivity index (χ0n) is 22.9. The van der Waals surface area contributed by atoms with Crippen molar-refractivity contribution < 1.29 is 27.9 Å². The van der Waals surface area contributed by atoms with E-state index < -0.39 is 11.9 Å². The molecule has 0 saturated carbocycles. The van der Waals surface area contributed by atoms with E-state index >= 15 is 0 Å². The number of piperazine rings is 1. The normalized spacial score (nSPS) is 13.6. The summed E-state index contributed by atoms with van der Waals surface area (Å²) in [6.45, 7) is 6.28. The summed E-state index contributed by atoms with van der Waals surface area (Å²) in [7, 11) is 0. The average molecular weight is 580 g/mol. The number of alkyl halides is 3. The highest BCUT2D eigenvalue weighted by molar-refractivity contribution is 5.95. The van der Waals surface area contributed by atoms with E-state index in [9.17, 15) is 22.8 Å². The molecule has 0 radical (unpaired) electrons. The predicted molar refractivity (Wildman–Crippen MR) is 155 cm³/mol. The molecule has 2 heterocycles. The number of fused-ring (bicyclic) bond motifs is 1. The molecule has 220 valence electrons. The van der Waals surface area contributed by atoms with Gasteiger partial charge in [0.2, 0.25) is 5.91 Å². The number of halogens is 3. The van der Waals surface area contributed by atoms with Crippen LogP contribution in [0, 0.1) is 0 Å². The van der Waals surface area contributed by atoms with Gasteiger partial charge >= 0.3 is 6.18 Å². The lowest BCUT2D eigenvalue weighted by Crippen LogP contribution is -2.48. The number of benzene rings is 3. The van der Waals surface area contributed by atoms with Crippen LogP contribution in [0.4, 0.5) is 13.2 Å². The van der Waals surface area contributed by atoms with Crippen LogP contribution < -0.4 is 10.6 Å². The van der Waals surface area contributed by atoms with Crippen molar-refractivity contribution in [2.24, 2.45) is 0 Å². The molecule has 8 nitrogen and oxygen atoms in total. The molecule has 0 bridgehead atoms. The minimum atomic E-state index is -4.64. The number of nitrogens with one attached hydrogen (secondary N) is 2. The number of imidazole rings is 1. The van der Waals surface area contributed by atoms with Gasteiger partial charge in [0.05, 0.1) is 17.6 Å². The first kappa shape index (κ1) is 30.3. The van der Waals surface area contributed by atoms with Gasteiger partial charge in [0.1, 0.15) is 5.82 Å². The Hall–Kier alpha value is -4.64. The highest BCUT2D eigenvalue weighted by Crippen LogP contribution is 2.27. The summed E-state index contributed by atoms with van der Waals surface area (Å²) in [5.41, 5.74) is 4.70. The number of hydrogen-bond donors (Lipinski definition) is 3. The highest BCUT2D eigenvalue weighted by atomic mass is 19.4. The van der Waals surface area contributed by atoms with Gasteiger partial charge in [-0.05, 0) is 36.2 Å². The van der Waals surface area contributed by atoms with Crippen LogP contribution in [0.15, 0.2) is 91.2 Å². The molecule has 1 saturated heterocycles. The van der Waals surface area contributed by atoms with Crippen LogP contribution >= 0.6 is 0 Å². The third-order valence-corrected chi connectivity index (χ3v) is 6.60. The molecule has 0 atom stereocenters. The molecular formula is C31H32F3N5O3. The van der Waals surface area contributed by atoms with Crippen molar-refractivity contribution in [2.75, 3.05) is 32.7 Å². The topological polar surface area (TPSA) is 99.5 Å². The van der Waals surface area contributed by atoms with Gasteiger partial charge in [0.25, 0.3) is 5.91 Å². The monoisotopic (exact) mass is 579 g/mol. The van der Waals surface area contributed by atoms with Crippen molar-refractivity contribution in [1.82, 2.24) is 25.1 Å². The Labute approximate surface area is 241 Å². The molecule has 0 aliphatic carbocycles. The average Bonchev–Trinajstić information content (AvgIpc) is 3.34. The molecular weight excluding hydrogens is 547 g/mol. The standard InChI is InChI=1S/C28H29N5O2.C3H3F3O/c34-26-20-32(17-15-29-26)16-7-14-30-28(35)23-11-6-10-22(18-23)27-31-24-12-4-5-13-25(24)33(27)19-21-8-2-1-3-9-21;1-2(7)3(4,5)6/h1-6,8-13,18H,7,14-17,19-20H2,(H,29,34)(H,30,35);7H,1H2. The second-order valence-corrected chi connectivity index (χ2v) is 9.76. The summed E-state index contributed by atoms with van der Waals surface area (Å²) in [4.78, 5) is 31.4. The van der Waals surface area contributed by atoms with Crippen LogP contribution in [-0.4, -0.2) is 70.3 Å². The van der Waals surface area contributed by atoms with Crippen LogP contribution in [0.3, 0.4) is 0 Å². The molecule has 1 aliphatic rings. The number of aromatic nitrogens is 2. The molecule has 2 amide bonds. The summed E-state index contributed by atoms with van der Waals surface area (Å²) in [5.74, 6) is -0.954. The summed E-state index contributed by atoms with van der Waals surface area (Å²) in [6, 6.07) is 26.1. The van der Waals surface area contributed by atoms with Gasteiger partial charge in [-0.25, -0.2) is 4.98 Å². The third kappa shape index (κ3) is 8.20. The maximum Gasteiger partial charge on any atom is 0.448 e. The number of nitrogens with zero attached hydrogens (tertiary/aromatic N) is 3. The molecule has 1 aliphatic heterocycles. The molecule has 0 unspecified atom stereocenters. The van der Waals surface area contributed by atoms with E-state index in [1.54, 1.807) is 0 Å². The van der Waals surface area contributed by atoms with Crippen LogP contribution in [0.25, 0.3) is 22.4 Å². The fraction of sp³-hybridized carbons (Fsp3) is 0.258. The Bertz CT molecular complexity index is 1540. The van der Waals surface area contributed by atoms with Gasteiger partial charge < -0.3 is 20.3 Å². The number of aliphatic hydroxyl groups is 1. The smallest absolute Gasteiger partial charge is 0.448 e. The van der Waals surface area contributed by atoms with Crippen molar-refractivity contribution in [3.63, 3.8) is 0 Å². The van der Waals surface area contributed by atoms with Crippen molar-refractivity contribution >= 4 is 22.8 Å². The van der Waals surface area contributed by atoms with Gasteiger partial charge in [0, 0.05) is 43.9 Å². The zero-order valence-corrected chi connectivity index (χ0v) is 22.9. The van der Waals surface area contributed by atoms with Crippen LogP contribution in [-0.2, 0) is 11.3 Å². The van der Waals surface area contributed by atoms with Gasteiger partial charge in [-0.2, -0.15) is 13.2 Å². The number of aliphatic hydroxyl groups excluding tert-OH is 1. The van der Waals surface area contributed by atoms with Crippen LogP contribution in [0.2, 0.25) is 0 Å². The van der Waals surface area contributed by atoms with E-state index in [2.05, 4.69) is 44.9 Å². The molecule has 11 heteroatoms. The van der Waals surface area contributed by atoms with Crippen molar-refractivity contribution in [3.8, 4) is 11.4 Å². The molecule has 0 spiro atoms. The maximum absolute atomic E-state index is 12.9. The Balaban J connectivity index is 0.000000517. The summed E-state index contributed by atoms with van der Waals surface area (Å²) >= 11 is 0.